The molecule has 2 N–H and O–H groups in total. The zero-order chi connectivity index (χ0) is 25.3. The second-order valence-corrected chi connectivity index (χ2v) is 8.40. The molecule has 0 amide bonds. The quantitative estimate of drug-likeness (QED) is 0.280. The van der Waals surface area contributed by atoms with Crippen LogP contribution in [0.1, 0.15) is 30.0 Å². The number of nitrogens with one attached hydrogen (secondary N) is 1. The summed E-state index contributed by atoms with van der Waals surface area (Å²) in [5.41, 5.74) is 5.48. The second-order valence-electron chi connectivity index (χ2n) is 8.40. The van der Waals surface area contributed by atoms with Crippen molar-refractivity contribution in [2.45, 2.75) is 19.4 Å². The fourth-order valence-electron chi connectivity index (χ4n) is 4.17. The van der Waals surface area contributed by atoms with Crippen molar-refractivity contribution in [1.82, 2.24) is 5.32 Å². The van der Waals surface area contributed by atoms with E-state index in [4.69, 9.17) is 23.7 Å². The summed E-state index contributed by atoms with van der Waals surface area (Å²) in [6, 6.07) is 22.0. The SMILES string of the molecule is CC/C(=C(\c1ccc(OCOC)cc1)c1ccc(OCC(O)CNC)cc1)c1ccc2c(c1)OCO2. The maximum atomic E-state index is 9.94. The highest BCUT2D eigenvalue weighted by Crippen LogP contribution is 2.40. The molecule has 36 heavy (non-hydrogen) atoms. The van der Waals surface area contributed by atoms with Gasteiger partial charge in [-0.15, -0.1) is 0 Å². The van der Waals surface area contributed by atoms with E-state index >= 15 is 0 Å². The summed E-state index contributed by atoms with van der Waals surface area (Å²) in [7, 11) is 3.40. The number of ether oxygens (including phenoxy) is 5. The summed E-state index contributed by atoms with van der Waals surface area (Å²) in [5, 5.41) is 12.9. The number of hydrogen-bond acceptors (Lipinski definition) is 7. The Balaban J connectivity index is 1.71. The maximum absolute atomic E-state index is 9.94. The number of rotatable bonds is 12. The molecule has 1 unspecified atom stereocenters. The number of aliphatic hydroxyl groups is 1. The predicted octanol–water partition coefficient (Wildman–Crippen LogP) is 4.73. The van der Waals surface area contributed by atoms with E-state index in [1.54, 1.807) is 14.2 Å². The highest BCUT2D eigenvalue weighted by Gasteiger charge is 2.18. The fourth-order valence-corrected chi connectivity index (χ4v) is 4.17. The van der Waals surface area contributed by atoms with E-state index in [0.717, 1.165) is 45.9 Å². The van der Waals surface area contributed by atoms with Gasteiger partial charge in [-0.1, -0.05) is 37.3 Å². The van der Waals surface area contributed by atoms with Crippen molar-refractivity contribution < 1.29 is 28.8 Å². The van der Waals surface area contributed by atoms with Gasteiger partial charge in [-0.25, -0.2) is 0 Å². The molecule has 7 nitrogen and oxygen atoms in total. The number of aliphatic hydroxyl groups excluding tert-OH is 1. The lowest BCUT2D eigenvalue weighted by Crippen LogP contribution is -2.29. The molecule has 1 heterocycles. The van der Waals surface area contributed by atoms with Gasteiger partial charge in [0.1, 0.15) is 24.2 Å². The van der Waals surface area contributed by atoms with Crippen LogP contribution < -0.4 is 24.3 Å². The molecule has 3 aromatic rings. The Morgan fingerprint density at radius 2 is 1.50 bits per heavy atom. The Labute approximate surface area is 212 Å². The molecule has 0 saturated carbocycles. The Morgan fingerprint density at radius 1 is 0.889 bits per heavy atom. The standard InChI is InChI=1S/C29H33NO6/c1-4-26(22-9-14-27-28(15-22)36-19-35-27)29(21-7-12-25(13-8-21)34-18-32-3)20-5-10-24(11-6-20)33-17-23(31)16-30-2/h5-15,23,30-31H,4,16-19H2,1-3H3/b29-26+. The van der Waals surface area contributed by atoms with Crippen LogP contribution >= 0.6 is 0 Å². The van der Waals surface area contributed by atoms with Crippen LogP contribution in [0.5, 0.6) is 23.0 Å². The van der Waals surface area contributed by atoms with Crippen molar-refractivity contribution in [2.75, 3.05) is 40.9 Å². The Hall–Kier alpha value is -3.52. The first-order valence-corrected chi connectivity index (χ1v) is 12.0. The van der Waals surface area contributed by atoms with E-state index in [2.05, 4.69) is 30.4 Å². The first-order chi connectivity index (χ1) is 17.6. The minimum Gasteiger partial charge on any atom is -0.491 e. The van der Waals surface area contributed by atoms with Crippen LogP contribution in [-0.2, 0) is 4.74 Å². The number of fused-ring (bicyclic) bond motifs is 1. The van der Waals surface area contributed by atoms with Crippen LogP contribution in [0.2, 0.25) is 0 Å². The van der Waals surface area contributed by atoms with Gasteiger partial charge in [0.05, 0.1) is 0 Å². The molecular formula is C29H33NO6. The van der Waals surface area contributed by atoms with E-state index < -0.39 is 6.10 Å². The summed E-state index contributed by atoms with van der Waals surface area (Å²) in [6.07, 6.45) is 0.243. The van der Waals surface area contributed by atoms with Gasteiger partial charge >= 0.3 is 0 Å². The van der Waals surface area contributed by atoms with Gasteiger partial charge in [0.15, 0.2) is 18.3 Å². The van der Waals surface area contributed by atoms with Crippen LogP contribution in [0.4, 0.5) is 0 Å². The van der Waals surface area contributed by atoms with Crippen LogP contribution in [0, 0.1) is 0 Å². The lowest BCUT2D eigenvalue weighted by Gasteiger charge is -2.18. The van der Waals surface area contributed by atoms with Crippen LogP contribution in [-0.4, -0.2) is 52.1 Å². The van der Waals surface area contributed by atoms with Crippen molar-refractivity contribution in [3.8, 4) is 23.0 Å². The number of benzene rings is 3. The number of likely N-dealkylation sites (N-methyl/N-ethyl adjacent to an activating group) is 1. The van der Waals surface area contributed by atoms with Crippen molar-refractivity contribution in [3.05, 3.63) is 83.4 Å². The van der Waals surface area contributed by atoms with Crippen molar-refractivity contribution in [1.29, 1.82) is 0 Å². The monoisotopic (exact) mass is 491 g/mol. The first-order valence-electron chi connectivity index (χ1n) is 12.0. The highest BCUT2D eigenvalue weighted by atomic mass is 16.7. The summed E-state index contributed by atoms with van der Waals surface area (Å²) in [4.78, 5) is 0. The summed E-state index contributed by atoms with van der Waals surface area (Å²) in [6.45, 7) is 3.29. The average molecular weight is 492 g/mol. The van der Waals surface area contributed by atoms with Crippen molar-refractivity contribution in [2.24, 2.45) is 0 Å². The van der Waals surface area contributed by atoms with E-state index in [-0.39, 0.29) is 20.2 Å². The number of hydrogen-bond donors (Lipinski definition) is 2. The minimum atomic E-state index is -0.568. The van der Waals surface area contributed by atoms with E-state index in [0.29, 0.717) is 12.3 Å². The first kappa shape index (κ1) is 25.6. The molecule has 4 rings (SSSR count). The maximum Gasteiger partial charge on any atom is 0.231 e. The third kappa shape index (κ3) is 6.18. The molecule has 3 aromatic carbocycles. The zero-order valence-electron chi connectivity index (χ0n) is 21.0. The minimum absolute atomic E-state index is 0.198. The summed E-state index contributed by atoms with van der Waals surface area (Å²) in [5.74, 6) is 2.96. The van der Waals surface area contributed by atoms with E-state index in [1.807, 2.05) is 48.5 Å². The van der Waals surface area contributed by atoms with Gasteiger partial charge in [-0.05, 0) is 77.7 Å². The van der Waals surface area contributed by atoms with E-state index in [9.17, 15) is 5.11 Å². The summed E-state index contributed by atoms with van der Waals surface area (Å²) < 4.78 is 27.5. The molecular weight excluding hydrogens is 458 g/mol. The Bertz CT molecular complexity index is 1160. The topological polar surface area (TPSA) is 78.4 Å². The zero-order valence-corrected chi connectivity index (χ0v) is 21.0. The van der Waals surface area contributed by atoms with Gasteiger partial charge in [0.25, 0.3) is 0 Å². The molecule has 190 valence electrons. The van der Waals surface area contributed by atoms with Gasteiger partial charge in [-0.2, -0.15) is 0 Å². The average Bonchev–Trinajstić information content (AvgIpc) is 3.38. The molecule has 7 heteroatoms. The number of allylic oxidation sites excluding steroid dienone is 1. The Kier molecular flexibility index (Phi) is 8.84. The van der Waals surface area contributed by atoms with Gasteiger partial charge in [0, 0.05) is 13.7 Å². The van der Waals surface area contributed by atoms with Crippen LogP contribution in [0.25, 0.3) is 11.1 Å². The normalized spacial score (nSPS) is 13.8. The predicted molar refractivity (Wildman–Crippen MR) is 140 cm³/mol. The van der Waals surface area contributed by atoms with Crippen molar-refractivity contribution >= 4 is 11.1 Å². The molecule has 0 bridgehead atoms. The third-order valence-corrected chi connectivity index (χ3v) is 5.89. The van der Waals surface area contributed by atoms with Crippen molar-refractivity contribution in [3.63, 3.8) is 0 Å². The lowest BCUT2D eigenvalue weighted by molar-refractivity contribution is 0.0511. The molecule has 0 spiro atoms. The molecule has 0 aliphatic carbocycles. The molecule has 1 aliphatic rings. The lowest BCUT2D eigenvalue weighted by atomic mass is 9.88. The fraction of sp³-hybridized carbons (Fsp3) is 0.310. The van der Waals surface area contributed by atoms with Gasteiger partial charge in [-0.3, -0.25) is 0 Å². The molecule has 0 radical (unpaired) electrons. The summed E-state index contributed by atoms with van der Waals surface area (Å²) >= 11 is 0. The highest BCUT2D eigenvalue weighted by molar-refractivity contribution is 5.99. The van der Waals surface area contributed by atoms with Crippen LogP contribution in [0.15, 0.2) is 66.7 Å². The smallest absolute Gasteiger partial charge is 0.231 e. The molecule has 0 aromatic heterocycles. The second kappa shape index (κ2) is 12.4. The van der Waals surface area contributed by atoms with E-state index in [1.165, 1.54) is 5.57 Å². The van der Waals surface area contributed by atoms with Crippen LogP contribution in [0.3, 0.4) is 0 Å². The number of methoxy groups -OCH3 is 1. The third-order valence-electron chi connectivity index (χ3n) is 5.89. The molecule has 1 aliphatic heterocycles. The van der Waals surface area contributed by atoms with Gasteiger partial charge in [0.2, 0.25) is 6.79 Å². The largest absolute Gasteiger partial charge is 0.491 e. The molecule has 1 atom stereocenters. The molecule has 0 saturated heterocycles. The Morgan fingerprint density at radius 3 is 2.11 bits per heavy atom. The van der Waals surface area contributed by atoms with Gasteiger partial charge < -0.3 is 34.1 Å². The molecule has 0 fully saturated rings.